The zero-order chi connectivity index (χ0) is 22.2. The molecule has 2 aromatic carbocycles. The molecule has 7 nitrogen and oxygen atoms in total. The first-order chi connectivity index (χ1) is 15.6. The van der Waals surface area contributed by atoms with Crippen LogP contribution >= 0.6 is 0 Å². The summed E-state index contributed by atoms with van der Waals surface area (Å²) in [6.07, 6.45) is 2.11. The van der Waals surface area contributed by atoms with E-state index in [4.69, 9.17) is 9.26 Å². The number of nitriles is 1. The number of rotatable bonds is 6. The van der Waals surface area contributed by atoms with E-state index in [1.165, 1.54) is 11.1 Å². The topological polar surface area (TPSA) is 95.4 Å². The Kier molecular flexibility index (Phi) is 5.41. The fourth-order valence-corrected chi connectivity index (χ4v) is 5.11. The Bertz CT molecular complexity index is 1180. The van der Waals surface area contributed by atoms with Crippen molar-refractivity contribution in [1.82, 2.24) is 15.0 Å². The van der Waals surface area contributed by atoms with Crippen LogP contribution in [0.2, 0.25) is 0 Å². The molecule has 1 saturated heterocycles. The molecule has 1 aromatic heterocycles. The lowest BCUT2D eigenvalue weighted by Crippen LogP contribution is -2.26. The van der Waals surface area contributed by atoms with Crippen molar-refractivity contribution >= 4 is 0 Å². The maximum Gasteiger partial charge on any atom is 0.258 e. The summed E-state index contributed by atoms with van der Waals surface area (Å²) in [6.45, 7) is 5.76. The second-order valence-electron chi connectivity index (χ2n) is 8.74. The summed E-state index contributed by atoms with van der Waals surface area (Å²) in [6, 6.07) is 14.2. The van der Waals surface area contributed by atoms with Gasteiger partial charge in [-0.15, -0.1) is 0 Å². The van der Waals surface area contributed by atoms with Crippen molar-refractivity contribution in [3.05, 3.63) is 53.1 Å². The molecule has 0 radical (unpaired) electrons. The maximum absolute atomic E-state index is 9.51. The predicted octanol–water partition coefficient (Wildman–Crippen LogP) is 3.97. The van der Waals surface area contributed by atoms with Crippen LogP contribution in [0.5, 0.6) is 5.75 Å². The largest absolute Gasteiger partial charge is 0.490 e. The molecule has 2 heterocycles. The molecule has 7 heteroatoms. The van der Waals surface area contributed by atoms with Gasteiger partial charge in [0.05, 0.1) is 18.3 Å². The lowest BCUT2D eigenvalue weighted by atomic mass is 10.0. The summed E-state index contributed by atoms with van der Waals surface area (Å²) in [7, 11) is 0. The summed E-state index contributed by atoms with van der Waals surface area (Å²) >= 11 is 0. The SMILES string of the molecule is CC(C)Oc1ccc(-c2nc(-c3cccc4c3C[C@H]3CCN(CCO)C43)no2)cc1C#N. The molecular formula is C25H26N4O3. The number of benzene rings is 2. The van der Waals surface area contributed by atoms with Gasteiger partial charge in [0, 0.05) is 23.7 Å². The van der Waals surface area contributed by atoms with Gasteiger partial charge in [0.2, 0.25) is 5.82 Å². The molecule has 5 rings (SSSR count). The summed E-state index contributed by atoms with van der Waals surface area (Å²) in [5, 5.41) is 23.2. The van der Waals surface area contributed by atoms with Gasteiger partial charge in [0.25, 0.3) is 5.89 Å². The Morgan fingerprint density at radius 2 is 2.19 bits per heavy atom. The molecule has 0 spiro atoms. The van der Waals surface area contributed by atoms with E-state index >= 15 is 0 Å². The quantitative estimate of drug-likeness (QED) is 0.632. The Morgan fingerprint density at radius 1 is 1.31 bits per heavy atom. The number of aliphatic hydroxyl groups excluding tert-OH is 1. The van der Waals surface area contributed by atoms with Gasteiger partial charge < -0.3 is 14.4 Å². The van der Waals surface area contributed by atoms with E-state index in [9.17, 15) is 10.4 Å². The second-order valence-corrected chi connectivity index (χ2v) is 8.74. The number of ether oxygens (including phenoxy) is 1. The molecular weight excluding hydrogens is 404 g/mol. The van der Waals surface area contributed by atoms with Gasteiger partial charge in [-0.1, -0.05) is 23.4 Å². The van der Waals surface area contributed by atoms with Crippen molar-refractivity contribution in [2.24, 2.45) is 5.92 Å². The van der Waals surface area contributed by atoms with Crippen LogP contribution in [-0.4, -0.2) is 45.9 Å². The zero-order valence-electron chi connectivity index (χ0n) is 18.3. The number of aromatic nitrogens is 2. The Morgan fingerprint density at radius 3 is 2.97 bits per heavy atom. The molecule has 3 aromatic rings. The van der Waals surface area contributed by atoms with Crippen LogP contribution in [0.1, 0.15) is 43.0 Å². The van der Waals surface area contributed by atoms with Crippen LogP contribution in [0.3, 0.4) is 0 Å². The zero-order valence-corrected chi connectivity index (χ0v) is 18.3. The van der Waals surface area contributed by atoms with Crippen LogP contribution in [0.25, 0.3) is 22.8 Å². The third-order valence-corrected chi connectivity index (χ3v) is 6.39. The Balaban J connectivity index is 1.46. The smallest absolute Gasteiger partial charge is 0.258 e. The van der Waals surface area contributed by atoms with Crippen molar-refractivity contribution in [2.75, 3.05) is 19.7 Å². The van der Waals surface area contributed by atoms with E-state index in [1.807, 2.05) is 32.0 Å². The van der Waals surface area contributed by atoms with Crippen molar-refractivity contribution < 1.29 is 14.4 Å². The van der Waals surface area contributed by atoms with E-state index < -0.39 is 0 Å². The molecule has 0 bridgehead atoms. The first kappa shape index (κ1) is 20.7. The molecule has 1 aliphatic carbocycles. The van der Waals surface area contributed by atoms with Crippen molar-refractivity contribution in [2.45, 2.75) is 38.8 Å². The second kappa shape index (κ2) is 8.38. The highest BCUT2D eigenvalue weighted by Crippen LogP contribution is 2.48. The van der Waals surface area contributed by atoms with E-state index in [-0.39, 0.29) is 12.7 Å². The summed E-state index contributed by atoms with van der Waals surface area (Å²) < 4.78 is 11.3. The van der Waals surface area contributed by atoms with Crippen molar-refractivity contribution in [3.63, 3.8) is 0 Å². The number of hydrogen-bond acceptors (Lipinski definition) is 7. The standard InChI is InChI=1S/C25H26N4O3/c1-15(2)31-22-7-6-17(12-18(22)14-26)25-27-24(28-32-25)20-5-3-4-19-21(20)13-16-8-9-29(10-11-30)23(16)19/h3-7,12,15-16,23,30H,8-11,13H2,1-2H3/t16-,23?/m1/s1. The highest BCUT2D eigenvalue weighted by Gasteiger charge is 2.42. The van der Waals surface area contributed by atoms with Gasteiger partial charge in [0.15, 0.2) is 0 Å². The lowest BCUT2D eigenvalue weighted by Gasteiger charge is -2.24. The number of aliphatic hydroxyl groups is 1. The van der Waals surface area contributed by atoms with Gasteiger partial charge in [-0.3, -0.25) is 4.90 Å². The fraction of sp³-hybridized carbons (Fsp3) is 0.400. The molecule has 0 saturated carbocycles. The van der Waals surface area contributed by atoms with Crippen molar-refractivity contribution in [1.29, 1.82) is 5.26 Å². The number of hydrogen-bond donors (Lipinski definition) is 1. The third-order valence-electron chi connectivity index (χ3n) is 6.39. The van der Waals surface area contributed by atoms with E-state index in [0.29, 0.717) is 47.1 Å². The summed E-state index contributed by atoms with van der Waals surface area (Å²) in [4.78, 5) is 7.04. The normalized spacial score (nSPS) is 19.7. The van der Waals surface area contributed by atoms with Gasteiger partial charge in [-0.2, -0.15) is 10.2 Å². The molecule has 164 valence electrons. The van der Waals surface area contributed by atoms with Gasteiger partial charge >= 0.3 is 0 Å². The van der Waals surface area contributed by atoms with Crippen LogP contribution in [-0.2, 0) is 6.42 Å². The first-order valence-electron chi connectivity index (χ1n) is 11.1. The number of nitrogens with zero attached hydrogens (tertiary/aromatic N) is 4. The minimum Gasteiger partial charge on any atom is -0.490 e. The molecule has 1 aliphatic heterocycles. The molecule has 1 N–H and O–H groups in total. The van der Waals surface area contributed by atoms with E-state index in [0.717, 1.165) is 24.9 Å². The fourth-order valence-electron chi connectivity index (χ4n) is 5.11. The number of fused-ring (bicyclic) bond motifs is 3. The average molecular weight is 431 g/mol. The average Bonchev–Trinajstić information content (AvgIpc) is 3.50. The first-order valence-corrected chi connectivity index (χ1v) is 11.1. The monoisotopic (exact) mass is 430 g/mol. The summed E-state index contributed by atoms with van der Waals surface area (Å²) in [5.41, 5.74) is 4.71. The Labute approximate surface area is 187 Å². The maximum atomic E-state index is 9.51. The van der Waals surface area contributed by atoms with Crippen molar-refractivity contribution in [3.8, 4) is 34.7 Å². The van der Waals surface area contributed by atoms with Crippen LogP contribution in [0.4, 0.5) is 0 Å². The predicted molar refractivity (Wildman–Crippen MR) is 119 cm³/mol. The molecule has 2 aliphatic rings. The van der Waals surface area contributed by atoms with Crippen LogP contribution in [0, 0.1) is 17.2 Å². The molecule has 1 unspecified atom stereocenters. The highest BCUT2D eigenvalue weighted by atomic mass is 16.5. The van der Waals surface area contributed by atoms with E-state index in [2.05, 4.69) is 27.2 Å². The van der Waals surface area contributed by atoms with Crippen LogP contribution < -0.4 is 4.74 Å². The highest BCUT2D eigenvalue weighted by molar-refractivity contribution is 5.67. The molecule has 32 heavy (non-hydrogen) atoms. The van der Waals surface area contributed by atoms with Crippen LogP contribution in [0.15, 0.2) is 40.9 Å². The Hall–Kier alpha value is -3.21. The number of likely N-dealkylation sites (tertiary alicyclic amines) is 1. The third kappa shape index (κ3) is 3.56. The summed E-state index contributed by atoms with van der Waals surface area (Å²) in [5.74, 6) is 2.05. The van der Waals surface area contributed by atoms with Gasteiger partial charge in [-0.25, -0.2) is 0 Å². The molecule has 1 fully saturated rings. The molecule has 0 amide bonds. The minimum absolute atomic E-state index is 0.0177. The number of β-amino-alcohol motifs (C(OH)–C–C–N with tert-alkyl or cyclic N) is 1. The lowest BCUT2D eigenvalue weighted by molar-refractivity contribution is 0.177. The van der Waals surface area contributed by atoms with E-state index in [1.54, 1.807) is 12.1 Å². The minimum atomic E-state index is -0.0177. The van der Waals surface area contributed by atoms with Gasteiger partial charge in [-0.05, 0) is 68.5 Å². The molecule has 2 atom stereocenters. The van der Waals surface area contributed by atoms with Gasteiger partial charge in [0.1, 0.15) is 11.8 Å².